The van der Waals surface area contributed by atoms with Crippen molar-refractivity contribution in [1.29, 1.82) is 0 Å². The van der Waals surface area contributed by atoms with Crippen molar-refractivity contribution in [2.75, 3.05) is 5.73 Å². The van der Waals surface area contributed by atoms with Crippen LogP contribution in [0.5, 0.6) is 0 Å². The second-order valence-corrected chi connectivity index (χ2v) is 4.72. The minimum atomic E-state index is -0.461. The van der Waals surface area contributed by atoms with Crippen LogP contribution < -0.4 is 11.1 Å². The van der Waals surface area contributed by atoms with Gasteiger partial charge in [0.15, 0.2) is 5.69 Å². The molecule has 1 aromatic rings. The first-order chi connectivity index (χ1) is 8.61. The van der Waals surface area contributed by atoms with Gasteiger partial charge in [-0.05, 0) is 19.8 Å². The van der Waals surface area contributed by atoms with Gasteiger partial charge in [0.1, 0.15) is 0 Å². The molecule has 4 N–H and O–H groups in total. The largest absolute Gasteiger partial charge is 0.396 e. The van der Waals surface area contributed by atoms with Crippen LogP contribution in [-0.4, -0.2) is 32.9 Å². The predicted octanol–water partition coefficient (Wildman–Crippen LogP) is 0.518. The molecule has 1 saturated carbocycles. The molecule has 0 saturated heterocycles. The molecule has 2 atom stereocenters. The quantitative estimate of drug-likeness (QED) is 0.731. The molecule has 0 spiro atoms. The van der Waals surface area contributed by atoms with Gasteiger partial charge in [0.05, 0.1) is 17.8 Å². The van der Waals surface area contributed by atoms with Gasteiger partial charge in [-0.15, -0.1) is 0 Å². The summed E-state index contributed by atoms with van der Waals surface area (Å²) in [6, 6.07) is -0.183. The Morgan fingerprint density at radius 2 is 2.33 bits per heavy atom. The highest BCUT2D eigenvalue weighted by atomic mass is 16.3. The number of amides is 1. The summed E-state index contributed by atoms with van der Waals surface area (Å²) in [6.45, 7) is 2.60. The predicted molar refractivity (Wildman–Crippen MR) is 68.0 cm³/mol. The van der Waals surface area contributed by atoms with Crippen LogP contribution in [0, 0.1) is 0 Å². The minimum Gasteiger partial charge on any atom is -0.396 e. The summed E-state index contributed by atoms with van der Waals surface area (Å²) in [7, 11) is 0. The molecule has 0 aliphatic heterocycles. The third-order valence-corrected chi connectivity index (χ3v) is 3.38. The molecular formula is C12H20N4O2. The Balaban J connectivity index is 2.04. The van der Waals surface area contributed by atoms with Crippen LogP contribution in [0.3, 0.4) is 0 Å². The van der Waals surface area contributed by atoms with E-state index in [4.69, 9.17) is 5.73 Å². The maximum atomic E-state index is 12.0. The van der Waals surface area contributed by atoms with Crippen LogP contribution >= 0.6 is 0 Å². The van der Waals surface area contributed by atoms with Gasteiger partial charge in [-0.1, -0.05) is 12.8 Å². The molecule has 1 aliphatic carbocycles. The van der Waals surface area contributed by atoms with E-state index in [1.54, 1.807) is 10.9 Å². The Kier molecular flexibility index (Phi) is 3.86. The fourth-order valence-electron chi connectivity index (χ4n) is 2.29. The van der Waals surface area contributed by atoms with Crippen molar-refractivity contribution in [3.05, 3.63) is 11.9 Å². The molecule has 1 aliphatic rings. The molecule has 0 aromatic carbocycles. The topological polar surface area (TPSA) is 93.2 Å². The number of aryl methyl sites for hydroxylation is 1. The Morgan fingerprint density at radius 3 is 2.94 bits per heavy atom. The minimum absolute atomic E-state index is 0.183. The second kappa shape index (κ2) is 5.39. The molecule has 1 heterocycles. The molecule has 18 heavy (non-hydrogen) atoms. The summed E-state index contributed by atoms with van der Waals surface area (Å²) in [6.07, 6.45) is 4.77. The summed E-state index contributed by atoms with van der Waals surface area (Å²) in [5.41, 5.74) is 6.37. The molecule has 6 heteroatoms. The zero-order chi connectivity index (χ0) is 13.1. The van der Waals surface area contributed by atoms with Crippen LogP contribution in [0.4, 0.5) is 5.69 Å². The van der Waals surface area contributed by atoms with Gasteiger partial charge in [0, 0.05) is 12.7 Å². The van der Waals surface area contributed by atoms with E-state index in [1.807, 2.05) is 6.92 Å². The van der Waals surface area contributed by atoms with Gasteiger partial charge in [0.25, 0.3) is 5.91 Å². The van der Waals surface area contributed by atoms with E-state index in [0.29, 0.717) is 12.2 Å². The Labute approximate surface area is 106 Å². The summed E-state index contributed by atoms with van der Waals surface area (Å²) in [5.74, 6) is -0.300. The van der Waals surface area contributed by atoms with E-state index < -0.39 is 6.10 Å². The van der Waals surface area contributed by atoms with Crippen molar-refractivity contribution in [3.8, 4) is 0 Å². The Morgan fingerprint density at radius 1 is 1.61 bits per heavy atom. The van der Waals surface area contributed by atoms with Gasteiger partial charge in [-0.3, -0.25) is 9.48 Å². The number of carbonyl (C=O) groups excluding carboxylic acids is 1. The zero-order valence-electron chi connectivity index (χ0n) is 10.6. The summed E-state index contributed by atoms with van der Waals surface area (Å²) in [4.78, 5) is 12.0. The first-order valence-corrected chi connectivity index (χ1v) is 6.43. The normalized spacial score (nSPS) is 23.9. The number of nitrogens with one attached hydrogen (secondary N) is 1. The fourth-order valence-corrected chi connectivity index (χ4v) is 2.29. The average Bonchev–Trinajstić information content (AvgIpc) is 2.73. The molecule has 100 valence electrons. The number of aliphatic hydroxyl groups excluding tert-OH is 1. The number of aliphatic hydroxyl groups is 1. The van der Waals surface area contributed by atoms with Crippen molar-refractivity contribution < 1.29 is 9.90 Å². The Bertz CT molecular complexity index is 430. The van der Waals surface area contributed by atoms with Crippen molar-refractivity contribution in [2.45, 2.75) is 51.3 Å². The smallest absolute Gasteiger partial charge is 0.274 e. The highest BCUT2D eigenvalue weighted by molar-refractivity contribution is 5.97. The lowest BCUT2D eigenvalue weighted by molar-refractivity contribution is 0.0714. The number of nitrogens with zero attached hydrogens (tertiary/aromatic N) is 2. The molecule has 6 nitrogen and oxygen atoms in total. The fraction of sp³-hybridized carbons (Fsp3) is 0.667. The lowest BCUT2D eigenvalue weighted by Gasteiger charge is -2.28. The molecular weight excluding hydrogens is 232 g/mol. The number of anilines is 1. The van der Waals surface area contributed by atoms with Crippen LogP contribution in [0.25, 0.3) is 0 Å². The lowest BCUT2D eigenvalue weighted by atomic mass is 9.92. The van der Waals surface area contributed by atoms with Crippen molar-refractivity contribution in [2.24, 2.45) is 0 Å². The first kappa shape index (κ1) is 12.9. The number of carbonyl (C=O) groups is 1. The van der Waals surface area contributed by atoms with Crippen LogP contribution in [-0.2, 0) is 6.54 Å². The summed E-state index contributed by atoms with van der Waals surface area (Å²) >= 11 is 0. The summed E-state index contributed by atoms with van der Waals surface area (Å²) < 4.78 is 1.63. The first-order valence-electron chi connectivity index (χ1n) is 6.43. The summed E-state index contributed by atoms with van der Waals surface area (Å²) in [5, 5.41) is 16.7. The number of nitrogen functional groups attached to an aromatic ring is 1. The highest BCUT2D eigenvalue weighted by Crippen LogP contribution is 2.19. The molecule has 1 amide bonds. The molecule has 0 bridgehead atoms. The maximum Gasteiger partial charge on any atom is 0.274 e. The molecule has 1 aromatic heterocycles. The van der Waals surface area contributed by atoms with E-state index in [9.17, 15) is 9.90 Å². The Hall–Kier alpha value is -1.56. The van der Waals surface area contributed by atoms with Gasteiger partial charge < -0.3 is 16.2 Å². The number of rotatable bonds is 3. The average molecular weight is 252 g/mol. The van der Waals surface area contributed by atoms with Crippen LogP contribution in [0.1, 0.15) is 43.1 Å². The number of aromatic nitrogens is 2. The SMILES string of the molecule is CCn1cc(N)c(C(=O)NC2CCCCC2O)n1. The monoisotopic (exact) mass is 252 g/mol. The lowest BCUT2D eigenvalue weighted by Crippen LogP contribution is -2.45. The van der Waals surface area contributed by atoms with Crippen molar-refractivity contribution in [1.82, 2.24) is 15.1 Å². The van der Waals surface area contributed by atoms with Crippen molar-refractivity contribution >= 4 is 11.6 Å². The van der Waals surface area contributed by atoms with E-state index in [-0.39, 0.29) is 17.6 Å². The molecule has 2 unspecified atom stereocenters. The van der Waals surface area contributed by atoms with E-state index in [2.05, 4.69) is 10.4 Å². The van der Waals surface area contributed by atoms with Gasteiger partial charge in [-0.25, -0.2) is 0 Å². The second-order valence-electron chi connectivity index (χ2n) is 4.72. The zero-order valence-corrected chi connectivity index (χ0v) is 10.6. The number of nitrogens with two attached hydrogens (primary N) is 1. The molecule has 0 radical (unpaired) electrons. The van der Waals surface area contributed by atoms with Crippen LogP contribution in [0.2, 0.25) is 0 Å². The number of hydrogen-bond donors (Lipinski definition) is 3. The standard InChI is InChI=1S/C12H20N4O2/c1-2-16-7-8(13)11(15-16)12(18)14-9-5-3-4-6-10(9)17/h7,9-10,17H,2-6,13H2,1H3,(H,14,18). The van der Waals surface area contributed by atoms with Gasteiger partial charge >= 0.3 is 0 Å². The van der Waals surface area contributed by atoms with E-state index >= 15 is 0 Å². The number of hydrogen-bond acceptors (Lipinski definition) is 4. The third-order valence-electron chi connectivity index (χ3n) is 3.38. The molecule has 2 rings (SSSR count). The van der Waals surface area contributed by atoms with E-state index in [1.165, 1.54) is 0 Å². The van der Waals surface area contributed by atoms with Gasteiger partial charge in [0.2, 0.25) is 0 Å². The van der Waals surface area contributed by atoms with E-state index in [0.717, 1.165) is 25.7 Å². The molecule has 1 fully saturated rings. The van der Waals surface area contributed by atoms with Crippen molar-refractivity contribution in [3.63, 3.8) is 0 Å². The highest BCUT2D eigenvalue weighted by Gasteiger charge is 2.26. The third kappa shape index (κ3) is 2.64. The van der Waals surface area contributed by atoms with Gasteiger partial charge in [-0.2, -0.15) is 5.10 Å². The van der Waals surface area contributed by atoms with Crippen LogP contribution in [0.15, 0.2) is 6.20 Å². The maximum absolute atomic E-state index is 12.0.